The Labute approximate surface area is 223 Å². The molecular formula is C32H40Br2. The number of unbranched alkanes of at least 4 members (excludes halogenated alkanes) is 10. The van der Waals surface area contributed by atoms with Gasteiger partial charge in [0.15, 0.2) is 0 Å². The van der Waals surface area contributed by atoms with Gasteiger partial charge in [0, 0.05) is 8.95 Å². The number of halogens is 2. The lowest BCUT2D eigenvalue weighted by Gasteiger charge is -2.18. The molecule has 0 atom stereocenters. The standard InChI is InChI=1S/C32H40Br2/c1-3-5-7-9-11-13-15-23-21-29(33)27-20-18-26-24(16-14-12-10-8-6-4-2)22-30(34)28-19-17-25(23)31(27)32(26)28/h17-22H,3-16H2,1-2H3. The number of rotatable bonds is 14. The average Bonchev–Trinajstić information content (AvgIpc) is 2.84. The van der Waals surface area contributed by atoms with Gasteiger partial charge in [-0.15, -0.1) is 0 Å². The van der Waals surface area contributed by atoms with Gasteiger partial charge in [0.2, 0.25) is 0 Å². The maximum absolute atomic E-state index is 3.93. The Balaban J connectivity index is 1.65. The first-order valence-electron chi connectivity index (χ1n) is 13.7. The van der Waals surface area contributed by atoms with Crippen molar-refractivity contribution in [1.29, 1.82) is 0 Å². The first-order chi connectivity index (χ1) is 16.7. The summed E-state index contributed by atoms with van der Waals surface area (Å²) in [5.74, 6) is 0. The van der Waals surface area contributed by atoms with E-state index in [4.69, 9.17) is 0 Å². The Hall–Kier alpha value is -1.12. The predicted molar refractivity (Wildman–Crippen MR) is 160 cm³/mol. The maximum atomic E-state index is 3.93. The van der Waals surface area contributed by atoms with Crippen LogP contribution in [0.3, 0.4) is 0 Å². The fraction of sp³-hybridized carbons (Fsp3) is 0.500. The summed E-state index contributed by atoms with van der Waals surface area (Å²) in [6.45, 7) is 4.58. The van der Waals surface area contributed by atoms with Crippen LogP contribution in [0.25, 0.3) is 32.3 Å². The molecule has 0 heterocycles. The van der Waals surface area contributed by atoms with E-state index in [0.717, 1.165) is 0 Å². The molecule has 0 aliphatic carbocycles. The predicted octanol–water partition coefficient (Wildman–Crippen LogP) is 11.9. The SMILES string of the molecule is CCCCCCCCc1cc(Br)c2ccc3c(CCCCCCCC)cc(Br)c4ccc1c2c43. The highest BCUT2D eigenvalue weighted by Crippen LogP contribution is 2.43. The van der Waals surface area contributed by atoms with Crippen LogP contribution < -0.4 is 0 Å². The molecule has 4 aromatic carbocycles. The lowest BCUT2D eigenvalue weighted by molar-refractivity contribution is 0.608. The van der Waals surface area contributed by atoms with Gasteiger partial charge in [-0.1, -0.05) is 134 Å². The van der Waals surface area contributed by atoms with Crippen molar-refractivity contribution in [3.8, 4) is 0 Å². The first-order valence-corrected chi connectivity index (χ1v) is 15.3. The van der Waals surface area contributed by atoms with Crippen LogP contribution in [-0.4, -0.2) is 0 Å². The van der Waals surface area contributed by atoms with E-state index in [0.29, 0.717) is 0 Å². The zero-order valence-corrected chi connectivity index (χ0v) is 24.3. The highest BCUT2D eigenvalue weighted by atomic mass is 79.9. The third kappa shape index (κ3) is 5.81. The molecule has 0 fully saturated rings. The van der Waals surface area contributed by atoms with Gasteiger partial charge in [0.25, 0.3) is 0 Å². The van der Waals surface area contributed by atoms with Gasteiger partial charge in [-0.3, -0.25) is 0 Å². The van der Waals surface area contributed by atoms with E-state index in [1.54, 1.807) is 0 Å². The molecule has 0 unspecified atom stereocenters. The molecule has 0 aliphatic heterocycles. The Morgan fingerprint density at radius 3 is 1.24 bits per heavy atom. The summed E-state index contributed by atoms with van der Waals surface area (Å²) in [6, 6.07) is 14.2. The lowest BCUT2D eigenvalue weighted by Crippen LogP contribution is -1.95. The van der Waals surface area contributed by atoms with Crippen molar-refractivity contribution in [2.45, 2.75) is 104 Å². The van der Waals surface area contributed by atoms with E-state index in [9.17, 15) is 0 Å². The highest BCUT2D eigenvalue weighted by molar-refractivity contribution is 9.11. The number of aryl methyl sites for hydroxylation is 2. The van der Waals surface area contributed by atoms with E-state index in [1.807, 2.05) is 0 Å². The highest BCUT2D eigenvalue weighted by Gasteiger charge is 2.17. The fourth-order valence-corrected chi connectivity index (χ4v) is 6.86. The zero-order chi connectivity index (χ0) is 23.9. The second-order valence-corrected chi connectivity index (χ2v) is 11.9. The molecule has 4 aromatic rings. The van der Waals surface area contributed by atoms with Crippen LogP contribution >= 0.6 is 31.9 Å². The normalized spacial score (nSPS) is 12.0. The summed E-state index contributed by atoms with van der Waals surface area (Å²) in [4.78, 5) is 0. The van der Waals surface area contributed by atoms with Crippen molar-refractivity contribution in [2.24, 2.45) is 0 Å². The molecule has 182 valence electrons. The third-order valence-corrected chi connectivity index (χ3v) is 8.88. The van der Waals surface area contributed by atoms with Crippen molar-refractivity contribution >= 4 is 64.2 Å². The van der Waals surface area contributed by atoms with E-state index < -0.39 is 0 Å². The van der Waals surface area contributed by atoms with Crippen LogP contribution in [0, 0.1) is 0 Å². The molecule has 0 nitrogen and oxygen atoms in total. The molecule has 0 amide bonds. The minimum absolute atomic E-state index is 1.17. The third-order valence-electron chi connectivity index (χ3n) is 7.57. The molecule has 0 radical (unpaired) electrons. The maximum Gasteiger partial charge on any atom is 0.0257 e. The molecule has 0 aromatic heterocycles. The van der Waals surface area contributed by atoms with Crippen LogP contribution in [0.2, 0.25) is 0 Å². The van der Waals surface area contributed by atoms with E-state index >= 15 is 0 Å². The summed E-state index contributed by atoms with van der Waals surface area (Å²) in [6.07, 6.45) is 18.5. The number of hydrogen-bond donors (Lipinski definition) is 0. The minimum Gasteiger partial charge on any atom is -0.0654 e. The Morgan fingerprint density at radius 1 is 0.471 bits per heavy atom. The Kier molecular flexibility index (Phi) is 9.71. The van der Waals surface area contributed by atoms with Crippen molar-refractivity contribution in [1.82, 2.24) is 0 Å². The second kappa shape index (κ2) is 12.7. The van der Waals surface area contributed by atoms with Crippen LogP contribution in [0.15, 0.2) is 45.3 Å². The lowest BCUT2D eigenvalue weighted by atomic mass is 9.88. The molecule has 0 N–H and O–H groups in total. The van der Waals surface area contributed by atoms with Gasteiger partial charge in [-0.25, -0.2) is 0 Å². The largest absolute Gasteiger partial charge is 0.0654 e. The van der Waals surface area contributed by atoms with Crippen LogP contribution in [-0.2, 0) is 12.8 Å². The van der Waals surface area contributed by atoms with Gasteiger partial charge < -0.3 is 0 Å². The molecule has 0 saturated heterocycles. The number of hydrogen-bond acceptors (Lipinski definition) is 0. The molecule has 4 rings (SSSR count). The monoisotopic (exact) mass is 582 g/mol. The van der Waals surface area contributed by atoms with E-state index in [1.165, 1.54) is 142 Å². The smallest absolute Gasteiger partial charge is 0.0257 e. The van der Waals surface area contributed by atoms with E-state index in [-0.39, 0.29) is 0 Å². The van der Waals surface area contributed by atoms with Crippen LogP contribution in [0.4, 0.5) is 0 Å². The van der Waals surface area contributed by atoms with Crippen molar-refractivity contribution in [2.75, 3.05) is 0 Å². The Morgan fingerprint density at radius 2 is 0.824 bits per heavy atom. The van der Waals surface area contributed by atoms with Gasteiger partial charge in [0.1, 0.15) is 0 Å². The molecule has 34 heavy (non-hydrogen) atoms. The average molecular weight is 584 g/mol. The first kappa shape index (κ1) is 26.0. The van der Waals surface area contributed by atoms with Gasteiger partial charge >= 0.3 is 0 Å². The summed E-state index contributed by atoms with van der Waals surface area (Å²) in [5.41, 5.74) is 3.00. The number of benzene rings is 4. The minimum atomic E-state index is 1.17. The molecule has 0 spiro atoms. The molecule has 0 bridgehead atoms. The molecule has 0 saturated carbocycles. The zero-order valence-electron chi connectivity index (χ0n) is 21.1. The quantitative estimate of drug-likeness (QED) is 0.102. The summed E-state index contributed by atoms with van der Waals surface area (Å²) < 4.78 is 2.49. The topological polar surface area (TPSA) is 0 Å². The summed E-state index contributed by atoms with van der Waals surface area (Å²) in [5, 5.41) is 8.51. The molecule has 0 aliphatic rings. The second-order valence-electron chi connectivity index (χ2n) is 10.1. The Bertz CT molecular complexity index is 1110. The van der Waals surface area contributed by atoms with Crippen molar-refractivity contribution < 1.29 is 0 Å². The van der Waals surface area contributed by atoms with Crippen molar-refractivity contribution in [3.63, 3.8) is 0 Å². The van der Waals surface area contributed by atoms with Gasteiger partial charge in [0.05, 0.1) is 0 Å². The van der Waals surface area contributed by atoms with Crippen LogP contribution in [0.1, 0.15) is 102 Å². The summed E-state index contributed by atoms with van der Waals surface area (Å²) >= 11 is 7.87. The van der Waals surface area contributed by atoms with Crippen LogP contribution in [0.5, 0.6) is 0 Å². The molecular weight excluding hydrogens is 544 g/mol. The van der Waals surface area contributed by atoms with Gasteiger partial charge in [-0.05, 0) is 81.3 Å². The fourth-order valence-electron chi connectivity index (χ4n) is 5.65. The molecule has 2 heteroatoms. The summed E-state index contributed by atoms with van der Waals surface area (Å²) in [7, 11) is 0. The van der Waals surface area contributed by atoms with Crippen molar-refractivity contribution in [3.05, 3.63) is 56.5 Å². The van der Waals surface area contributed by atoms with E-state index in [2.05, 4.69) is 82.1 Å². The van der Waals surface area contributed by atoms with Gasteiger partial charge in [-0.2, -0.15) is 0 Å².